The third-order valence-corrected chi connectivity index (χ3v) is 13.7. The first-order valence-electron chi connectivity index (χ1n) is 29.2. The van der Waals surface area contributed by atoms with E-state index in [1.165, 1.54) is 6.92 Å². The molecule has 0 bridgehead atoms. The molecule has 0 aromatic heterocycles. The third-order valence-electron chi connectivity index (χ3n) is 13.7. The van der Waals surface area contributed by atoms with E-state index < -0.39 is 193 Å². The third kappa shape index (κ3) is 27.5. The monoisotopic (exact) mass is 1320 g/mol. The van der Waals surface area contributed by atoms with E-state index in [0.29, 0.717) is 38.8 Å². The first-order valence-corrected chi connectivity index (χ1v) is 29.2. The molecule has 2 fully saturated rings. The summed E-state index contributed by atoms with van der Waals surface area (Å²) in [6.45, 7) is -0.284. The van der Waals surface area contributed by atoms with Crippen LogP contribution in [0.3, 0.4) is 0 Å². The lowest BCUT2D eigenvalue weighted by Gasteiger charge is -2.31. The van der Waals surface area contributed by atoms with Crippen molar-refractivity contribution < 1.29 is 72.2 Å². The highest BCUT2D eigenvalue weighted by Crippen LogP contribution is 2.10. The SMILES string of the molecule is CC1NC(=O)C(N)CNC(=O)C(C2CCN=C(N)N2)NC(=O)C(=CNC(N)=O)NC(=O)C(CNC(=O)CC(N)CCCN)NC1=O.NCCCC(N)CC(=O)NCC1NC(=O)C(CO)NC(=O)C(N)CNC(=O)C(C2CCN=C(N)N2)NC(=O)C(=CNC(N)=O)NC1=O. The molecular formula is C50H88N28O15. The lowest BCUT2D eigenvalue weighted by atomic mass is 10.0. The molecule has 4 rings (SSSR count). The number of aliphatic hydroxyl groups excluding tert-OH is 1. The van der Waals surface area contributed by atoms with Gasteiger partial charge in [-0.25, -0.2) is 9.59 Å². The fourth-order valence-corrected chi connectivity index (χ4v) is 8.63. The number of carbonyl (C=O) groups excluding carboxylic acids is 14. The van der Waals surface area contributed by atoms with Crippen molar-refractivity contribution >= 4 is 94.9 Å². The highest BCUT2D eigenvalue weighted by Gasteiger charge is 2.38. The summed E-state index contributed by atoms with van der Waals surface area (Å²) in [5.74, 6) is -10.7. The molecular weight excluding hydrogens is 1230 g/mol. The van der Waals surface area contributed by atoms with Crippen molar-refractivity contribution in [3.05, 3.63) is 23.8 Å². The lowest BCUT2D eigenvalue weighted by Crippen LogP contribution is -2.64. The summed E-state index contributed by atoms with van der Waals surface area (Å²) >= 11 is 0. The van der Waals surface area contributed by atoms with Gasteiger partial charge in [-0.15, -0.1) is 0 Å². The number of nitrogens with zero attached hydrogens (tertiary/aromatic N) is 2. The number of carbonyl (C=O) groups is 14. The topological polar surface area (TPSA) is 737 Å². The quantitative estimate of drug-likeness (QED) is 0.0534. The first kappa shape index (κ1) is 77.2. The van der Waals surface area contributed by atoms with E-state index in [1.54, 1.807) is 0 Å². The van der Waals surface area contributed by atoms with Crippen LogP contribution in [0.4, 0.5) is 9.59 Å². The molecule has 518 valence electrons. The Balaban J connectivity index is 0.000000485. The average molecular weight is 1320 g/mol. The molecule has 37 N–H and O–H groups in total. The van der Waals surface area contributed by atoms with Crippen molar-refractivity contribution in [2.24, 2.45) is 67.3 Å². The van der Waals surface area contributed by atoms with E-state index >= 15 is 0 Å². The summed E-state index contributed by atoms with van der Waals surface area (Å²) in [6, 6.07) is -16.3. The van der Waals surface area contributed by atoms with Gasteiger partial charge >= 0.3 is 12.1 Å². The summed E-state index contributed by atoms with van der Waals surface area (Å²) in [6.07, 6.45) is 3.86. The molecule has 0 spiro atoms. The number of urea groups is 2. The Morgan fingerprint density at radius 3 is 1.31 bits per heavy atom. The number of guanidine groups is 2. The zero-order valence-corrected chi connectivity index (χ0v) is 50.9. The van der Waals surface area contributed by atoms with Crippen molar-refractivity contribution in [1.82, 2.24) is 85.1 Å². The Labute approximate surface area is 531 Å². The molecule has 93 heavy (non-hydrogen) atoms. The predicted molar refractivity (Wildman–Crippen MR) is 328 cm³/mol. The molecule has 4 aliphatic rings. The van der Waals surface area contributed by atoms with Crippen molar-refractivity contribution in [3.8, 4) is 0 Å². The minimum Gasteiger partial charge on any atom is -0.394 e. The number of rotatable bonds is 19. The molecule has 12 atom stereocenters. The van der Waals surface area contributed by atoms with Crippen LogP contribution in [-0.4, -0.2) is 231 Å². The van der Waals surface area contributed by atoms with Crippen molar-refractivity contribution in [1.29, 1.82) is 0 Å². The summed E-state index contributed by atoms with van der Waals surface area (Å²) in [5.41, 5.74) is 55.2. The van der Waals surface area contributed by atoms with Gasteiger partial charge in [0, 0.05) is 76.6 Å². The zero-order chi connectivity index (χ0) is 69.5. The predicted octanol–water partition coefficient (Wildman–Crippen LogP) is -15.4. The maximum atomic E-state index is 13.5. The number of aliphatic imine (C=N–C) groups is 2. The second kappa shape index (κ2) is 39.2. The molecule has 16 amide bonds. The van der Waals surface area contributed by atoms with Crippen LogP contribution in [0.15, 0.2) is 33.8 Å². The van der Waals surface area contributed by atoms with Gasteiger partial charge < -0.3 is 148 Å². The van der Waals surface area contributed by atoms with Gasteiger partial charge in [-0.3, -0.25) is 67.5 Å². The fraction of sp³-hybridized carbons (Fsp3) is 0.600. The number of primary amides is 2. The minimum absolute atomic E-state index is 0.0101. The normalized spacial score (nSPS) is 26.5. The molecule has 43 nitrogen and oxygen atoms in total. The van der Waals surface area contributed by atoms with Crippen LogP contribution >= 0.6 is 0 Å². The molecule has 2 saturated heterocycles. The molecule has 0 aromatic rings. The second-order valence-corrected chi connectivity index (χ2v) is 21.3. The van der Waals surface area contributed by atoms with Crippen molar-refractivity contribution in [2.45, 2.75) is 131 Å². The number of hydrogen-bond acceptors (Lipinski definition) is 27. The largest absolute Gasteiger partial charge is 0.394 e. The van der Waals surface area contributed by atoms with Gasteiger partial charge in [0.1, 0.15) is 59.7 Å². The summed E-state index contributed by atoms with van der Waals surface area (Å²) in [5, 5.41) is 48.1. The van der Waals surface area contributed by atoms with Gasteiger partial charge in [0.15, 0.2) is 11.9 Å². The van der Waals surface area contributed by atoms with Gasteiger partial charge in [0.2, 0.25) is 59.1 Å². The molecule has 0 radical (unpaired) electrons. The number of aliphatic hydroxyl groups is 1. The molecule has 0 aliphatic carbocycles. The lowest BCUT2D eigenvalue weighted by molar-refractivity contribution is -0.134. The van der Waals surface area contributed by atoms with E-state index in [1.807, 2.05) is 5.32 Å². The summed E-state index contributed by atoms with van der Waals surface area (Å²) in [4.78, 5) is 188. The van der Waals surface area contributed by atoms with Gasteiger partial charge in [-0.2, -0.15) is 0 Å². The smallest absolute Gasteiger partial charge is 0.316 e. The molecule has 4 aliphatic heterocycles. The fourth-order valence-electron chi connectivity index (χ4n) is 8.63. The van der Waals surface area contributed by atoms with E-state index in [2.05, 4.69) is 89.7 Å². The van der Waals surface area contributed by atoms with Crippen LogP contribution in [-0.2, 0) is 57.5 Å². The molecule has 0 saturated carbocycles. The number of nitrogens with two attached hydrogens (primary N) is 10. The highest BCUT2D eigenvalue weighted by atomic mass is 16.3. The highest BCUT2D eigenvalue weighted by molar-refractivity contribution is 6.04. The number of hydrogen-bond donors (Lipinski definition) is 27. The van der Waals surface area contributed by atoms with Crippen LogP contribution in [0.1, 0.15) is 58.3 Å². The maximum absolute atomic E-state index is 13.5. The Morgan fingerprint density at radius 2 is 0.935 bits per heavy atom. The maximum Gasteiger partial charge on any atom is 0.316 e. The Morgan fingerprint density at radius 1 is 0.548 bits per heavy atom. The van der Waals surface area contributed by atoms with Gasteiger partial charge in [0.05, 0.1) is 18.7 Å². The van der Waals surface area contributed by atoms with Gasteiger partial charge in [-0.05, 0) is 58.5 Å². The van der Waals surface area contributed by atoms with Gasteiger partial charge in [-0.1, -0.05) is 0 Å². The standard InChI is InChI=1S/C25H44N14O8.C25H44N14O7/c26-4-1-2-11(27)6-17(41)32-8-14-20(43)35-15(9-34-25(30)47)21(44)39-18(13-3-5-31-24(29)38-13)23(46)33-7-12(28)19(42)37-16(10-40)22(45)36-14;1-11-19(41)36-15(9-32-17(40)7-12(27)3-2-5-26)21(43)37-16(10-34-25(30)46)22(44)39-18(14-4-6-31-24(29)38-14)23(45)33-8-13(28)20(42)35-11/h9,11-14,16,18,40H,1-8,10,26-28H2,(H,32,41)(H,33,46)(H,35,43)(H,36,45)(H,37,42)(H,39,44)(H3,29,31,38)(H3,30,34,47);10-15,18H,2-9,26-28H2,1H3,(H,32,40)(H,33,45)(H,35,42)(H,36,41)(H,37,43)(H,39,44)(H3,29,31,38)(H3,30,34,46). The van der Waals surface area contributed by atoms with Crippen LogP contribution in [0.5, 0.6) is 0 Å². The van der Waals surface area contributed by atoms with Crippen LogP contribution in [0.25, 0.3) is 0 Å². The summed E-state index contributed by atoms with van der Waals surface area (Å²) in [7, 11) is 0. The molecule has 43 heteroatoms. The van der Waals surface area contributed by atoms with Crippen LogP contribution in [0.2, 0.25) is 0 Å². The van der Waals surface area contributed by atoms with Crippen molar-refractivity contribution in [3.63, 3.8) is 0 Å². The number of amides is 16. The molecule has 12 unspecified atom stereocenters. The Hall–Kier alpha value is -10.1. The Kier molecular flexibility index (Phi) is 32.6. The molecule has 4 heterocycles. The van der Waals surface area contributed by atoms with E-state index in [4.69, 9.17) is 57.3 Å². The number of nitrogens with one attached hydrogen (secondary N) is 16. The minimum atomic E-state index is -1.63. The molecule has 0 aromatic carbocycles. The average Bonchev–Trinajstić information content (AvgIpc) is 0.943. The van der Waals surface area contributed by atoms with E-state index in [-0.39, 0.29) is 57.2 Å². The second-order valence-electron chi connectivity index (χ2n) is 21.3. The van der Waals surface area contributed by atoms with Crippen molar-refractivity contribution in [2.75, 3.05) is 59.0 Å². The van der Waals surface area contributed by atoms with Gasteiger partial charge in [0.25, 0.3) is 11.8 Å². The van der Waals surface area contributed by atoms with Crippen LogP contribution < -0.4 is 142 Å². The van der Waals surface area contributed by atoms with E-state index in [9.17, 15) is 72.2 Å². The zero-order valence-electron chi connectivity index (χ0n) is 50.9. The van der Waals surface area contributed by atoms with Crippen LogP contribution in [0, 0.1) is 0 Å². The first-order chi connectivity index (χ1) is 44.0. The van der Waals surface area contributed by atoms with E-state index in [0.717, 1.165) is 12.4 Å². The summed E-state index contributed by atoms with van der Waals surface area (Å²) < 4.78 is 0. The Bertz CT molecular complexity index is 2840.